The third-order valence-electron chi connectivity index (χ3n) is 3.06. The maximum Gasteiger partial charge on any atom is 0.148 e. The van der Waals surface area contributed by atoms with Crippen LogP contribution in [0.15, 0.2) is 48.8 Å². The first-order valence-electron chi connectivity index (χ1n) is 5.87. The van der Waals surface area contributed by atoms with E-state index in [4.69, 9.17) is 11.6 Å². The van der Waals surface area contributed by atoms with Crippen molar-refractivity contribution in [2.75, 3.05) is 0 Å². The first kappa shape index (κ1) is 11.8. The molecule has 0 aliphatic carbocycles. The van der Waals surface area contributed by atoms with Gasteiger partial charge in [0, 0.05) is 24.3 Å². The highest BCUT2D eigenvalue weighted by atomic mass is 35.5. The van der Waals surface area contributed by atoms with Crippen LogP contribution in [0.25, 0.3) is 10.9 Å². The van der Waals surface area contributed by atoms with Crippen molar-refractivity contribution in [2.24, 2.45) is 0 Å². The van der Waals surface area contributed by atoms with Crippen molar-refractivity contribution in [2.45, 2.75) is 6.54 Å². The van der Waals surface area contributed by atoms with E-state index in [1.54, 1.807) is 6.20 Å². The van der Waals surface area contributed by atoms with Gasteiger partial charge in [-0.1, -0.05) is 41.9 Å². The molecule has 3 nitrogen and oxygen atoms in total. The summed E-state index contributed by atoms with van der Waals surface area (Å²) in [7, 11) is 0. The molecule has 0 saturated heterocycles. The highest BCUT2D eigenvalue weighted by molar-refractivity contribution is 6.31. The van der Waals surface area contributed by atoms with Gasteiger partial charge in [0.25, 0.3) is 0 Å². The van der Waals surface area contributed by atoms with E-state index in [2.05, 4.69) is 23.2 Å². The van der Waals surface area contributed by atoms with Crippen molar-refractivity contribution < 1.29 is 0 Å². The lowest BCUT2D eigenvalue weighted by Gasteiger charge is -2.07. The summed E-state index contributed by atoms with van der Waals surface area (Å²) < 4.78 is 2.02. The Morgan fingerprint density at radius 2 is 2.00 bits per heavy atom. The van der Waals surface area contributed by atoms with Crippen LogP contribution in [0.5, 0.6) is 0 Å². The van der Waals surface area contributed by atoms with Gasteiger partial charge in [-0.3, -0.25) is 0 Å². The molecule has 0 amide bonds. The molecule has 19 heavy (non-hydrogen) atoms. The van der Waals surface area contributed by atoms with Crippen molar-refractivity contribution in [3.05, 3.63) is 65.1 Å². The molecule has 0 unspecified atom stereocenters. The van der Waals surface area contributed by atoms with Crippen LogP contribution < -0.4 is 0 Å². The van der Waals surface area contributed by atoms with Gasteiger partial charge >= 0.3 is 0 Å². The predicted octanol–water partition coefficient (Wildman–Crippen LogP) is 3.61. The van der Waals surface area contributed by atoms with Crippen LogP contribution in [-0.2, 0) is 6.54 Å². The van der Waals surface area contributed by atoms with Crippen LogP contribution in [0.4, 0.5) is 0 Å². The fourth-order valence-electron chi connectivity index (χ4n) is 2.18. The first-order chi connectivity index (χ1) is 9.29. The maximum atomic E-state index is 9.24. The number of nitriles is 1. The number of hydrogen-bond acceptors (Lipinski definition) is 2. The minimum atomic E-state index is 0.253. The third kappa shape index (κ3) is 2.07. The quantitative estimate of drug-likeness (QED) is 0.666. The molecule has 0 spiro atoms. The average Bonchev–Trinajstić information content (AvgIpc) is 2.83. The summed E-state index contributed by atoms with van der Waals surface area (Å²) in [4.78, 5) is 4.03. The Bertz CT molecular complexity index is 769. The number of benzene rings is 1. The molecule has 2 aromatic heterocycles. The van der Waals surface area contributed by atoms with Gasteiger partial charge in [0.2, 0.25) is 0 Å². The molecule has 92 valence electrons. The average molecular weight is 268 g/mol. The van der Waals surface area contributed by atoms with Gasteiger partial charge in [-0.05, 0) is 11.6 Å². The van der Waals surface area contributed by atoms with Crippen LogP contribution in [-0.4, -0.2) is 9.55 Å². The molecule has 0 aliphatic rings. The standard InChI is InChI=1S/C15H10ClN3/c16-15-13(8-17)14-12(9-18-15)6-7-19(14)10-11-4-2-1-3-5-11/h1-7,9H,10H2. The lowest BCUT2D eigenvalue weighted by Crippen LogP contribution is -1.99. The molecule has 0 atom stereocenters. The summed E-state index contributed by atoms with van der Waals surface area (Å²) in [5.74, 6) is 0. The predicted molar refractivity (Wildman–Crippen MR) is 75.0 cm³/mol. The zero-order chi connectivity index (χ0) is 13.2. The molecule has 0 radical (unpaired) electrons. The minimum Gasteiger partial charge on any atom is -0.342 e. The van der Waals surface area contributed by atoms with E-state index in [9.17, 15) is 5.26 Å². The Kier molecular flexibility index (Phi) is 2.94. The van der Waals surface area contributed by atoms with Crippen LogP contribution in [0, 0.1) is 11.3 Å². The van der Waals surface area contributed by atoms with E-state index < -0.39 is 0 Å². The van der Waals surface area contributed by atoms with Gasteiger partial charge in [0.05, 0.1) is 5.52 Å². The number of fused-ring (bicyclic) bond motifs is 1. The zero-order valence-corrected chi connectivity index (χ0v) is 10.8. The second kappa shape index (κ2) is 4.75. The van der Waals surface area contributed by atoms with Crippen LogP contribution >= 0.6 is 11.6 Å². The summed E-state index contributed by atoms with van der Waals surface area (Å²) in [5, 5.41) is 10.4. The van der Waals surface area contributed by atoms with Crippen LogP contribution in [0.2, 0.25) is 5.15 Å². The van der Waals surface area contributed by atoms with Crippen molar-refractivity contribution in [3.8, 4) is 6.07 Å². The topological polar surface area (TPSA) is 41.6 Å². The molecule has 0 saturated carbocycles. The third-order valence-corrected chi connectivity index (χ3v) is 3.35. The zero-order valence-electron chi connectivity index (χ0n) is 10.0. The molecule has 4 heteroatoms. The van der Waals surface area contributed by atoms with E-state index in [0.717, 1.165) is 10.9 Å². The fourth-order valence-corrected chi connectivity index (χ4v) is 2.36. The van der Waals surface area contributed by atoms with Crippen LogP contribution in [0.1, 0.15) is 11.1 Å². The number of nitrogens with zero attached hydrogens (tertiary/aromatic N) is 3. The van der Waals surface area contributed by atoms with E-state index in [0.29, 0.717) is 12.1 Å². The Balaban J connectivity index is 2.15. The Labute approximate surface area is 115 Å². The molecule has 3 rings (SSSR count). The van der Waals surface area contributed by atoms with Crippen molar-refractivity contribution >= 4 is 22.5 Å². The molecule has 2 heterocycles. The minimum absolute atomic E-state index is 0.253. The van der Waals surface area contributed by atoms with Gasteiger partial charge in [-0.2, -0.15) is 5.26 Å². The smallest absolute Gasteiger partial charge is 0.148 e. The molecule has 0 fully saturated rings. The van der Waals surface area contributed by atoms with Gasteiger partial charge in [0.1, 0.15) is 16.8 Å². The first-order valence-corrected chi connectivity index (χ1v) is 6.25. The van der Waals surface area contributed by atoms with Gasteiger partial charge < -0.3 is 4.57 Å². The molecule has 0 N–H and O–H groups in total. The summed E-state index contributed by atoms with van der Waals surface area (Å²) in [5.41, 5.74) is 2.45. The molecule has 3 aromatic rings. The largest absolute Gasteiger partial charge is 0.342 e. The van der Waals surface area contributed by atoms with Crippen molar-refractivity contribution in [1.82, 2.24) is 9.55 Å². The molecule has 0 bridgehead atoms. The number of rotatable bonds is 2. The molecule has 1 aromatic carbocycles. The highest BCUT2D eigenvalue weighted by Gasteiger charge is 2.11. The summed E-state index contributed by atoms with van der Waals surface area (Å²) in [6.07, 6.45) is 3.65. The highest BCUT2D eigenvalue weighted by Crippen LogP contribution is 2.25. The Morgan fingerprint density at radius 3 is 2.74 bits per heavy atom. The number of hydrogen-bond donors (Lipinski definition) is 0. The second-order valence-corrected chi connectivity index (χ2v) is 4.63. The molecular formula is C15H10ClN3. The van der Waals surface area contributed by atoms with Gasteiger partial charge in [-0.15, -0.1) is 0 Å². The summed E-state index contributed by atoms with van der Waals surface area (Å²) >= 11 is 5.99. The summed E-state index contributed by atoms with van der Waals surface area (Å²) in [6, 6.07) is 14.2. The molecular weight excluding hydrogens is 258 g/mol. The molecule has 0 aliphatic heterocycles. The fraction of sp³-hybridized carbons (Fsp3) is 0.0667. The van der Waals surface area contributed by atoms with Crippen molar-refractivity contribution in [3.63, 3.8) is 0 Å². The Hall–Kier alpha value is -2.31. The number of aromatic nitrogens is 2. The van der Waals surface area contributed by atoms with Crippen LogP contribution in [0.3, 0.4) is 0 Å². The van der Waals surface area contributed by atoms with Gasteiger partial charge in [0.15, 0.2) is 0 Å². The lowest BCUT2D eigenvalue weighted by molar-refractivity contribution is 0.835. The van der Waals surface area contributed by atoms with Crippen molar-refractivity contribution in [1.29, 1.82) is 5.26 Å². The van der Waals surface area contributed by atoms with E-state index in [1.165, 1.54) is 5.56 Å². The normalized spacial score (nSPS) is 10.5. The monoisotopic (exact) mass is 267 g/mol. The van der Waals surface area contributed by atoms with Gasteiger partial charge in [-0.25, -0.2) is 4.98 Å². The Morgan fingerprint density at radius 1 is 1.21 bits per heavy atom. The van der Waals surface area contributed by atoms with E-state index in [1.807, 2.05) is 35.0 Å². The lowest BCUT2D eigenvalue weighted by atomic mass is 10.2. The van der Waals surface area contributed by atoms with E-state index in [-0.39, 0.29) is 5.15 Å². The van der Waals surface area contributed by atoms with E-state index >= 15 is 0 Å². The number of pyridine rings is 1. The SMILES string of the molecule is N#Cc1c(Cl)ncc2ccn(Cc3ccccc3)c12. The summed E-state index contributed by atoms with van der Waals surface area (Å²) in [6.45, 7) is 0.708. The maximum absolute atomic E-state index is 9.24. The second-order valence-electron chi connectivity index (χ2n) is 4.27. The number of halogens is 1.